The molecule has 11 heteroatoms. The monoisotopic (exact) mass is 545 g/mol. The van der Waals surface area contributed by atoms with E-state index in [1.165, 1.54) is 4.31 Å². The minimum absolute atomic E-state index is 0.282. The van der Waals surface area contributed by atoms with Crippen LogP contribution >= 0.6 is 0 Å². The van der Waals surface area contributed by atoms with E-state index in [2.05, 4.69) is 25.3 Å². The van der Waals surface area contributed by atoms with E-state index >= 15 is 0 Å². The summed E-state index contributed by atoms with van der Waals surface area (Å²) in [5.41, 5.74) is 2.84. The van der Waals surface area contributed by atoms with Crippen LogP contribution < -0.4 is 20.1 Å². The summed E-state index contributed by atoms with van der Waals surface area (Å²) in [6, 6.07) is 15.2. The van der Waals surface area contributed by atoms with Crippen LogP contribution in [0.25, 0.3) is 22.0 Å². The van der Waals surface area contributed by atoms with Crippen LogP contribution in [-0.4, -0.2) is 59.9 Å². The molecule has 0 radical (unpaired) electrons. The number of fused-ring (bicyclic) bond motifs is 1. The van der Waals surface area contributed by atoms with Crippen molar-refractivity contribution in [2.24, 2.45) is 0 Å². The van der Waals surface area contributed by atoms with Gasteiger partial charge in [-0.2, -0.15) is 12.7 Å². The van der Waals surface area contributed by atoms with Crippen molar-refractivity contribution in [2.45, 2.75) is 32.2 Å². The van der Waals surface area contributed by atoms with Gasteiger partial charge in [0.25, 0.3) is 0 Å². The number of benzene rings is 2. The summed E-state index contributed by atoms with van der Waals surface area (Å²) in [7, 11) is -3.60. The van der Waals surface area contributed by atoms with Crippen LogP contribution in [0.2, 0.25) is 0 Å². The summed E-state index contributed by atoms with van der Waals surface area (Å²) < 4.78 is 36.2. The van der Waals surface area contributed by atoms with Crippen molar-refractivity contribution in [1.82, 2.24) is 24.6 Å². The van der Waals surface area contributed by atoms with Gasteiger partial charge in [0.15, 0.2) is 0 Å². The molecule has 0 unspecified atom stereocenters. The number of anilines is 2. The molecule has 1 atom stereocenters. The maximum Gasteiger partial charge on any atom is 0.301 e. The van der Waals surface area contributed by atoms with Crippen molar-refractivity contribution in [3.63, 3.8) is 0 Å². The second-order valence-corrected chi connectivity index (χ2v) is 11.6. The van der Waals surface area contributed by atoms with Crippen LogP contribution in [0.4, 0.5) is 11.6 Å². The molecule has 4 heterocycles. The Morgan fingerprint density at radius 1 is 1.00 bits per heavy atom. The first-order valence-corrected chi connectivity index (χ1v) is 14.7. The highest BCUT2D eigenvalue weighted by molar-refractivity contribution is 7.90. The Morgan fingerprint density at radius 3 is 2.69 bits per heavy atom. The van der Waals surface area contributed by atoms with Crippen LogP contribution in [0.5, 0.6) is 11.6 Å². The number of ether oxygens (including phenoxy) is 1. The number of nitrogens with zero attached hydrogens (tertiary/aromatic N) is 4. The Morgan fingerprint density at radius 2 is 1.90 bits per heavy atom. The molecule has 6 rings (SSSR count). The lowest BCUT2D eigenvalue weighted by Crippen LogP contribution is -2.45. The highest BCUT2D eigenvalue weighted by Crippen LogP contribution is 2.39. The van der Waals surface area contributed by atoms with Crippen LogP contribution in [0.1, 0.15) is 24.8 Å². The fourth-order valence-corrected chi connectivity index (χ4v) is 6.22. The van der Waals surface area contributed by atoms with Crippen LogP contribution in [0, 0.1) is 6.92 Å². The first-order valence-electron chi connectivity index (χ1n) is 13.2. The normalized spacial score (nSPS) is 17.9. The molecule has 2 aromatic heterocycles. The Kier molecular flexibility index (Phi) is 7.03. The predicted octanol–water partition coefficient (Wildman–Crippen LogP) is 4.32. The molecule has 4 aromatic rings. The maximum atomic E-state index is 12.8. The molecular weight excluding hydrogens is 514 g/mol. The Bertz CT molecular complexity index is 1600. The van der Waals surface area contributed by atoms with Crippen molar-refractivity contribution < 1.29 is 13.2 Å². The third-order valence-corrected chi connectivity index (χ3v) is 8.66. The highest BCUT2D eigenvalue weighted by Gasteiger charge is 2.28. The second kappa shape index (κ2) is 10.8. The van der Waals surface area contributed by atoms with E-state index in [0.717, 1.165) is 54.3 Å². The lowest BCUT2D eigenvalue weighted by Gasteiger charge is -2.30. The zero-order valence-corrected chi connectivity index (χ0v) is 22.5. The predicted molar refractivity (Wildman–Crippen MR) is 152 cm³/mol. The van der Waals surface area contributed by atoms with E-state index in [9.17, 15) is 8.42 Å². The average Bonchev–Trinajstić information content (AvgIpc) is 2.90. The van der Waals surface area contributed by atoms with Gasteiger partial charge in [0.2, 0.25) is 11.8 Å². The number of hydrogen-bond acceptors (Lipinski definition) is 8. The Balaban J connectivity index is 1.32. The van der Waals surface area contributed by atoms with Gasteiger partial charge in [-0.25, -0.2) is 15.0 Å². The summed E-state index contributed by atoms with van der Waals surface area (Å²) in [6.45, 7) is 4.95. The third-order valence-electron chi connectivity index (χ3n) is 7.13. The number of nitrogens with one attached hydrogen (secondary N) is 3. The summed E-state index contributed by atoms with van der Waals surface area (Å²) in [4.78, 5) is 13.7. The number of aryl methyl sites for hydroxylation is 1. The van der Waals surface area contributed by atoms with Gasteiger partial charge in [-0.15, -0.1) is 0 Å². The average molecular weight is 546 g/mol. The van der Waals surface area contributed by atoms with E-state index < -0.39 is 10.2 Å². The minimum atomic E-state index is -3.60. The number of piperidine rings is 1. The van der Waals surface area contributed by atoms with E-state index in [-0.39, 0.29) is 6.04 Å². The molecule has 39 heavy (non-hydrogen) atoms. The van der Waals surface area contributed by atoms with Crippen LogP contribution in [0.15, 0.2) is 60.9 Å². The highest BCUT2D eigenvalue weighted by atomic mass is 32.2. The molecule has 202 valence electrons. The topological polar surface area (TPSA) is 121 Å². The van der Waals surface area contributed by atoms with Gasteiger partial charge in [-0.05, 0) is 62.6 Å². The molecule has 2 aliphatic heterocycles. The molecule has 10 nitrogen and oxygen atoms in total. The molecular formula is C28H31N7O3S. The first kappa shape index (κ1) is 25.5. The molecule has 0 bridgehead atoms. The van der Waals surface area contributed by atoms with Gasteiger partial charge in [0.1, 0.15) is 5.75 Å². The molecule has 2 aromatic carbocycles. The number of rotatable bonds is 8. The largest absolute Gasteiger partial charge is 0.437 e. The van der Waals surface area contributed by atoms with E-state index in [1.54, 1.807) is 18.5 Å². The molecule has 0 aliphatic carbocycles. The maximum absolute atomic E-state index is 12.8. The number of aromatic nitrogens is 3. The van der Waals surface area contributed by atoms with Gasteiger partial charge in [0, 0.05) is 48.8 Å². The lowest BCUT2D eigenvalue weighted by molar-refractivity contribution is 0.311. The van der Waals surface area contributed by atoms with Crippen molar-refractivity contribution in [3.8, 4) is 22.9 Å². The van der Waals surface area contributed by atoms with Crippen molar-refractivity contribution in [1.29, 1.82) is 0 Å². The fourth-order valence-electron chi connectivity index (χ4n) is 4.89. The SMILES string of the molecule is Cc1ccc2c(NS(=O)(=O)N3CCC3)cccc2c1Oc1ncccc1-c1ccnc(N[C@H]2CCCNC2)n1. The molecule has 0 spiro atoms. The molecule has 0 saturated carbocycles. The van der Waals surface area contributed by atoms with Gasteiger partial charge >= 0.3 is 10.2 Å². The summed E-state index contributed by atoms with van der Waals surface area (Å²) in [6.07, 6.45) is 6.47. The zero-order chi connectivity index (χ0) is 26.8. The van der Waals surface area contributed by atoms with Gasteiger partial charge in [-0.1, -0.05) is 24.3 Å². The molecule has 2 saturated heterocycles. The zero-order valence-electron chi connectivity index (χ0n) is 21.7. The molecule has 2 aliphatic rings. The lowest BCUT2D eigenvalue weighted by atomic mass is 10.0. The summed E-state index contributed by atoms with van der Waals surface area (Å²) >= 11 is 0. The smallest absolute Gasteiger partial charge is 0.301 e. The van der Waals surface area contributed by atoms with Gasteiger partial charge in [-0.3, -0.25) is 4.72 Å². The fraction of sp³-hybridized carbons (Fsp3) is 0.321. The quantitative estimate of drug-likeness (QED) is 0.299. The van der Waals surface area contributed by atoms with Crippen molar-refractivity contribution in [3.05, 3.63) is 66.5 Å². The molecule has 3 N–H and O–H groups in total. The number of pyridine rings is 1. The Hall–Kier alpha value is -3.80. The van der Waals surface area contributed by atoms with Crippen molar-refractivity contribution >= 4 is 32.6 Å². The number of hydrogen-bond donors (Lipinski definition) is 3. The van der Waals surface area contributed by atoms with E-state index in [0.29, 0.717) is 42.0 Å². The minimum Gasteiger partial charge on any atom is -0.437 e. The van der Waals surface area contributed by atoms with Gasteiger partial charge in [0.05, 0.1) is 16.9 Å². The van der Waals surface area contributed by atoms with Crippen LogP contribution in [-0.2, 0) is 10.2 Å². The van der Waals surface area contributed by atoms with Crippen LogP contribution in [0.3, 0.4) is 0 Å². The third kappa shape index (κ3) is 5.38. The summed E-state index contributed by atoms with van der Waals surface area (Å²) in [5, 5.41) is 8.35. The second-order valence-electron chi connectivity index (χ2n) is 9.88. The van der Waals surface area contributed by atoms with Crippen molar-refractivity contribution in [2.75, 3.05) is 36.2 Å². The summed E-state index contributed by atoms with van der Waals surface area (Å²) in [5.74, 6) is 1.58. The van der Waals surface area contributed by atoms with Gasteiger partial charge < -0.3 is 15.4 Å². The van der Waals surface area contributed by atoms with E-state index in [1.807, 2.05) is 49.4 Å². The molecule has 0 amide bonds. The molecule has 2 fully saturated rings. The first-order chi connectivity index (χ1) is 19.0. The van der Waals surface area contributed by atoms with E-state index in [4.69, 9.17) is 9.72 Å². The standard InChI is InChI=1S/C28H31N7O3S/c1-19-10-11-21-22(7-2-9-25(21)34-39(36,37)35-16-5-17-35)26(19)38-27-23(8-4-14-30-27)24-12-15-31-28(33-24)32-20-6-3-13-29-18-20/h2,4,7-12,14-15,20,29,34H,3,5-6,13,16-18H2,1H3,(H,31,32,33)/t20-/m0/s1. The Labute approximate surface area is 228 Å².